The summed E-state index contributed by atoms with van der Waals surface area (Å²) in [7, 11) is 0. The van der Waals surface area contributed by atoms with Gasteiger partial charge in [-0.2, -0.15) is 5.06 Å². The number of aromatic carboxylic acids is 1. The Kier molecular flexibility index (Phi) is 5.75. The molecule has 1 aliphatic heterocycles. The van der Waals surface area contributed by atoms with Crippen molar-refractivity contribution in [3.63, 3.8) is 0 Å². The molecule has 2 N–H and O–H groups in total. The summed E-state index contributed by atoms with van der Waals surface area (Å²) in [6.45, 7) is 0.475. The fourth-order valence-electron chi connectivity index (χ4n) is 8.18. The van der Waals surface area contributed by atoms with Gasteiger partial charge < -0.3 is 19.7 Å². The van der Waals surface area contributed by atoms with Crippen LogP contribution in [0.2, 0.25) is 0 Å². The maximum absolute atomic E-state index is 11.6. The molecule has 6 aliphatic rings. The van der Waals surface area contributed by atoms with Gasteiger partial charge in [-0.1, -0.05) is 31.4 Å². The minimum atomic E-state index is -0.958. The molecule has 2 aromatic rings. The molecule has 1 unspecified atom stereocenters. The minimum Gasteiger partial charge on any atom is -0.478 e. The van der Waals surface area contributed by atoms with Gasteiger partial charge in [0.25, 0.3) is 0 Å². The van der Waals surface area contributed by atoms with Crippen LogP contribution in [0, 0.1) is 17.8 Å². The Labute approximate surface area is 217 Å². The number of aromatic amines is 1. The number of hydroxylamine groups is 1. The molecule has 1 aromatic heterocycles. The third kappa shape index (κ3) is 4.33. The molecule has 0 radical (unpaired) electrons. The first-order valence-corrected chi connectivity index (χ1v) is 14.1. The maximum Gasteiger partial charge on any atom is 0.335 e. The highest BCUT2D eigenvalue weighted by atomic mass is 16.7. The topological polar surface area (TPSA) is 100 Å². The number of hydrogen-bond acceptors (Lipinski definition) is 6. The largest absolute Gasteiger partial charge is 0.478 e. The summed E-state index contributed by atoms with van der Waals surface area (Å²) in [4.78, 5) is 30.8. The van der Waals surface area contributed by atoms with E-state index < -0.39 is 12.1 Å². The fraction of sp³-hybridized carbons (Fsp3) is 0.621. The summed E-state index contributed by atoms with van der Waals surface area (Å²) in [6, 6.07) is 6.89. The number of aliphatic imine (C=N–C) groups is 1. The van der Waals surface area contributed by atoms with Gasteiger partial charge in [-0.25, -0.2) is 14.8 Å². The van der Waals surface area contributed by atoms with Gasteiger partial charge in [-0.15, -0.1) is 0 Å². The Morgan fingerprint density at radius 1 is 1.11 bits per heavy atom. The zero-order chi connectivity index (χ0) is 25.0. The lowest BCUT2D eigenvalue weighted by Gasteiger charge is -2.56. The lowest BCUT2D eigenvalue weighted by Crippen LogP contribution is -2.51. The van der Waals surface area contributed by atoms with Crippen LogP contribution >= 0.6 is 0 Å². The van der Waals surface area contributed by atoms with Crippen molar-refractivity contribution in [3.8, 4) is 0 Å². The Balaban J connectivity index is 1.18. The number of rotatable bonds is 7. The van der Waals surface area contributed by atoms with Crippen LogP contribution in [0.5, 0.6) is 0 Å². The maximum atomic E-state index is 11.6. The second kappa shape index (κ2) is 9.15. The Bertz CT molecular complexity index is 1160. The van der Waals surface area contributed by atoms with E-state index in [1.807, 2.05) is 6.07 Å². The Morgan fingerprint density at radius 3 is 2.54 bits per heavy atom. The number of anilines is 1. The summed E-state index contributed by atoms with van der Waals surface area (Å²) in [5.74, 6) is 3.64. The molecule has 0 amide bonds. The van der Waals surface area contributed by atoms with E-state index in [1.54, 1.807) is 23.3 Å². The molecule has 8 nitrogen and oxygen atoms in total. The number of aromatic nitrogens is 2. The average molecular weight is 505 g/mol. The van der Waals surface area contributed by atoms with Gasteiger partial charge in [0.05, 0.1) is 23.5 Å². The summed E-state index contributed by atoms with van der Waals surface area (Å²) in [6.07, 6.45) is 14.7. The second-order valence-corrected chi connectivity index (χ2v) is 12.1. The minimum absolute atomic E-state index is 0.000279. The standard InChI is InChI=1S/C29H36N4O4/c34-28(35)23-8-4-7-22(12-23)26-30-17-37-33(26)27-24(31-25(32-27)21-5-2-1-3-6-21)16-36-29-13-18-9-19(14-29)11-20(10-18)15-29/h4,7-8,12,17-21,26H,1-3,5-6,9-11,13-16H2,(H,31,32)(H,34,35). The number of ether oxygens (including phenoxy) is 1. The normalized spacial score (nSPS) is 32.7. The predicted molar refractivity (Wildman–Crippen MR) is 138 cm³/mol. The van der Waals surface area contributed by atoms with Crippen molar-refractivity contribution in [3.05, 3.63) is 46.9 Å². The van der Waals surface area contributed by atoms with E-state index in [0.717, 1.165) is 47.7 Å². The van der Waals surface area contributed by atoms with Gasteiger partial charge in [-0.05, 0) is 81.3 Å². The second-order valence-electron chi connectivity index (χ2n) is 12.1. The van der Waals surface area contributed by atoms with Crippen molar-refractivity contribution in [2.75, 3.05) is 5.06 Å². The van der Waals surface area contributed by atoms with Crippen LogP contribution in [0.4, 0.5) is 5.82 Å². The van der Waals surface area contributed by atoms with Crippen LogP contribution in [-0.2, 0) is 16.2 Å². The number of benzene rings is 1. The smallest absolute Gasteiger partial charge is 0.335 e. The number of nitrogens with one attached hydrogen (secondary N) is 1. The van der Waals surface area contributed by atoms with Crippen LogP contribution in [-0.4, -0.2) is 33.0 Å². The fourth-order valence-corrected chi connectivity index (χ4v) is 8.18. The monoisotopic (exact) mass is 504 g/mol. The van der Waals surface area contributed by atoms with Gasteiger partial charge in [0.15, 0.2) is 12.0 Å². The van der Waals surface area contributed by atoms with Crippen molar-refractivity contribution in [2.24, 2.45) is 22.7 Å². The van der Waals surface area contributed by atoms with Crippen molar-refractivity contribution >= 4 is 18.2 Å². The highest BCUT2D eigenvalue weighted by molar-refractivity contribution is 5.87. The van der Waals surface area contributed by atoms with Gasteiger partial charge >= 0.3 is 5.97 Å². The van der Waals surface area contributed by atoms with Crippen LogP contribution < -0.4 is 5.06 Å². The summed E-state index contributed by atoms with van der Waals surface area (Å²) in [5, 5.41) is 11.2. The van der Waals surface area contributed by atoms with Crippen molar-refractivity contribution in [1.29, 1.82) is 0 Å². The van der Waals surface area contributed by atoms with Crippen molar-refractivity contribution in [1.82, 2.24) is 9.97 Å². The molecule has 0 saturated heterocycles. The molecule has 1 atom stereocenters. The molecule has 1 aromatic carbocycles. The molecular formula is C29H36N4O4. The van der Waals surface area contributed by atoms with Gasteiger partial charge in [0, 0.05) is 11.5 Å². The lowest BCUT2D eigenvalue weighted by molar-refractivity contribution is -0.169. The molecule has 5 fully saturated rings. The van der Waals surface area contributed by atoms with E-state index in [2.05, 4.69) is 9.98 Å². The van der Waals surface area contributed by atoms with Crippen molar-refractivity contribution in [2.45, 2.75) is 94.9 Å². The number of carbonyl (C=O) groups is 1. The SMILES string of the molecule is O=C(O)c1cccc(C2N=CON2c2nc(C3CCCCC3)[nH]c2COC23CC4CC(CC(C4)C2)C3)c1. The average Bonchev–Trinajstić information content (AvgIpc) is 3.55. The number of carboxylic acids is 1. The number of nitrogens with zero attached hydrogens (tertiary/aromatic N) is 3. The number of H-pyrrole nitrogens is 1. The first kappa shape index (κ1) is 23.3. The van der Waals surface area contributed by atoms with Gasteiger partial charge in [-0.3, -0.25) is 0 Å². The first-order chi connectivity index (χ1) is 18.1. The van der Waals surface area contributed by atoms with Crippen molar-refractivity contribution < 1.29 is 19.5 Å². The van der Waals surface area contributed by atoms with E-state index in [4.69, 9.17) is 14.6 Å². The molecule has 0 spiro atoms. The molecule has 37 heavy (non-hydrogen) atoms. The highest BCUT2D eigenvalue weighted by Crippen LogP contribution is 2.57. The van der Waals surface area contributed by atoms with E-state index in [1.165, 1.54) is 64.2 Å². The molecular weight excluding hydrogens is 468 g/mol. The number of hydrogen-bond donors (Lipinski definition) is 2. The van der Waals surface area contributed by atoms with Crippen LogP contribution in [0.15, 0.2) is 29.3 Å². The van der Waals surface area contributed by atoms with Crippen LogP contribution in [0.1, 0.15) is 110 Å². The molecule has 5 aliphatic carbocycles. The van der Waals surface area contributed by atoms with Crippen LogP contribution in [0.3, 0.4) is 0 Å². The quantitative estimate of drug-likeness (QED) is 0.471. The molecule has 8 rings (SSSR count). The first-order valence-electron chi connectivity index (χ1n) is 14.1. The van der Waals surface area contributed by atoms with E-state index >= 15 is 0 Å². The van der Waals surface area contributed by atoms with E-state index in [9.17, 15) is 9.90 Å². The van der Waals surface area contributed by atoms with E-state index in [0.29, 0.717) is 18.3 Å². The number of imidazole rings is 1. The van der Waals surface area contributed by atoms with Gasteiger partial charge in [0.2, 0.25) is 6.40 Å². The zero-order valence-electron chi connectivity index (χ0n) is 21.3. The molecule has 5 saturated carbocycles. The lowest BCUT2D eigenvalue weighted by atomic mass is 9.54. The Morgan fingerprint density at radius 2 is 1.84 bits per heavy atom. The third-order valence-corrected chi connectivity index (χ3v) is 9.50. The molecule has 8 heteroatoms. The molecule has 2 heterocycles. The third-order valence-electron chi connectivity index (χ3n) is 9.50. The highest BCUT2D eigenvalue weighted by Gasteiger charge is 2.52. The van der Waals surface area contributed by atoms with Gasteiger partial charge in [0.1, 0.15) is 5.82 Å². The zero-order valence-corrected chi connectivity index (χ0v) is 21.3. The summed E-state index contributed by atoms with van der Waals surface area (Å²) < 4.78 is 6.85. The number of carboxylic acid groups (broad SMARTS) is 1. The summed E-state index contributed by atoms with van der Waals surface area (Å²) >= 11 is 0. The Hall–Kier alpha value is -2.87. The predicted octanol–water partition coefficient (Wildman–Crippen LogP) is 6.12. The molecule has 4 bridgehead atoms. The van der Waals surface area contributed by atoms with Crippen LogP contribution in [0.25, 0.3) is 0 Å². The summed E-state index contributed by atoms with van der Waals surface area (Å²) in [5.41, 5.74) is 1.92. The molecule has 196 valence electrons. The van der Waals surface area contributed by atoms with E-state index in [-0.39, 0.29) is 11.2 Å².